The highest BCUT2D eigenvalue weighted by atomic mass is 16.3. The van der Waals surface area contributed by atoms with Gasteiger partial charge >= 0.3 is 0 Å². The first-order valence-corrected chi connectivity index (χ1v) is 5.74. The zero-order chi connectivity index (χ0) is 11.2. The first-order valence-electron chi connectivity index (χ1n) is 5.74. The molecule has 1 aromatic heterocycles. The molecule has 2 aromatic rings. The molecule has 82 valence electrons. The van der Waals surface area contributed by atoms with E-state index in [-0.39, 0.29) is 0 Å². The van der Waals surface area contributed by atoms with E-state index in [0.29, 0.717) is 5.89 Å². The van der Waals surface area contributed by atoms with Crippen LogP contribution in [0.5, 0.6) is 0 Å². The summed E-state index contributed by atoms with van der Waals surface area (Å²) in [6, 6.07) is 7.72. The van der Waals surface area contributed by atoms with Gasteiger partial charge in [0, 0.05) is 6.42 Å². The lowest BCUT2D eigenvalue weighted by Crippen LogP contribution is -1.74. The third-order valence-corrected chi connectivity index (χ3v) is 2.39. The smallest absolute Gasteiger partial charge is 0.274 e. The van der Waals surface area contributed by atoms with Crippen molar-refractivity contribution in [1.82, 2.24) is 4.98 Å². The number of rotatable bonds is 3. The average molecular weight is 213 g/mol. The van der Waals surface area contributed by atoms with E-state index in [1.807, 2.05) is 24.3 Å². The topological polar surface area (TPSA) is 26.0 Å². The molecule has 0 saturated heterocycles. The van der Waals surface area contributed by atoms with Gasteiger partial charge in [0.05, 0.1) is 0 Å². The van der Waals surface area contributed by atoms with E-state index in [1.165, 1.54) is 12.8 Å². The van der Waals surface area contributed by atoms with Gasteiger partial charge in [-0.3, -0.25) is 0 Å². The molecule has 0 unspecified atom stereocenters. The van der Waals surface area contributed by atoms with E-state index >= 15 is 0 Å². The standard InChI is InChI=1S/C14H15NO/c1-2-3-4-5-6-11-14-15-12-9-7-8-10-13(12)16-14/h7-10H,2-5H2,1H3. The van der Waals surface area contributed by atoms with Crippen LogP contribution in [0.3, 0.4) is 0 Å². The lowest BCUT2D eigenvalue weighted by atomic mass is 10.2. The minimum atomic E-state index is 0.526. The Labute approximate surface area is 95.7 Å². The van der Waals surface area contributed by atoms with Gasteiger partial charge in [-0.2, -0.15) is 0 Å². The van der Waals surface area contributed by atoms with Crippen LogP contribution < -0.4 is 0 Å². The number of oxazole rings is 1. The number of unbranched alkanes of at least 4 members (excludes halogenated alkanes) is 3. The molecule has 0 N–H and O–H groups in total. The van der Waals surface area contributed by atoms with Gasteiger partial charge in [0.1, 0.15) is 5.52 Å². The second-order valence-corrected chi connectivity index (χ2v) is 3.75. The molecule has 2 nitrogen and oxygen atoms in total. The van der Waals surface area contributed by atoms with Crippen molar-refractivity contribution in [1.29, 1.82) is 0 Å². The Morgan fingerprint density at radius 1 is 1.25 bits per heavy atom. The van der Waals surface area contributed by atoms with Crippen LogP contribution in [-0.2, 0) is 0 Å². The molecule has 2 rings (SSSR count). The van der Waals surface area contributed by atoms with Crippen molar-refractivity contribution in [2.24, 2.45) is 0 Å². The molecule has 0 saturated carbocycles. The molecule has 2 heteroatoms. The van der Waals surface area contributed by atoms with E-state index in [9.17, 15) is 0 Å². The summed E-state index contributed by atoms with van der Waals surface area (Å²) in [6.45, 7) is 2.19. The predicted molar refractivity (Wildman–Crippen MR) is 65.0 cm³/mol. The summed E-state index contributed by atoms with van der Waals surface area (Å²) in [5.41, 5.74) is 1.68. The summed E-state index contributed by atoms with van der Waals surface area (Å²) >= 11 is 0. The lowest BCUT2D eigenvalue weighted by molar-refractivity contribution is 0.586. The Bertz CT molecular complexity index is 483. The molecular weight excluding hydrogens is 198 g/mol. The quantitative estimate of drug-likeness (QED) is 0.573. The molecule has 0 radical (unpaired) electrons. The van der Waals surface area contributed by atoms with Gasteiger partial charge in [-0.05, 0) is 24.5 Å². The Morgan fingerprint density at radius 2 is 2.12 bits per heavy atom. The molecule has 0 bridgehead atoms. The van der Waals surface area contributed by atoms with Gasteiger partial charge in [-0.1, -0.05) is 37.8 Å². The highest BCUT2D eigenvalue weighted by molar-refractivity contribution is 5.72. The van der Waals surface area contributed by atoms with Crippen LogP contribution in [0.4, 0.5) is 0 Å². The third-order valence-electron chi connectivity index (χ3n) is 2.39. The summed E-state index contributed by atoms with van der Waals surface area (Å²) in [4.78, 5) is 4.29. The maximum Gasteiger partial charge on any atom is 0.274 e. The zero-order valence-corrected chi connectivity index (χ0v) is 9.49. The third kappa shape index (κ3) is 2.64. The van der Waals surface area contributed by atoms with E-state index in [2.05, 4.69) is 23.7 Å². The first kappa shape index (κ1) is 10.8. The second-order valence-electron chi connectivity index (χ2n) is 3.75. The molecule has 0 atom stereocenters. The van der Waals surface area contributed by atoms with Crippen molar-refractivity contribution in [2.45, 2.75) is 32.6 Å². The monoisotopic (exact) mass is 213 g/mol. The van der Waals surface area contributed by atoms with Gasteiger partial charge in [0.2, 0.25) is 0 Å². The molecular formula is C14H15NO. The summed E-state index contributed by atoms with van der Waals surface area (Å²) in [6.07, 6.45) is 4.54. The van der Waals surface area contributed by atoms with Crippen LogP contribution in [-0.4, -0.2) is 4.98 Å². The van der Waals surface area contributed by atoms with Crippen LogP contribution in [0, 0.1) is 11.8 Å². The Morgan fingerprint density at radius 3 is 2.94 bits per heavy atom. The van der Waals surface area contributed by atoms with Crippen molar-refractivity contribution in [3.63, 3.8) is 0 Å². The largest absolute Gasteiger partial charge is 0.430 e. The van der Waals surface area contributed by atoms with Crippen LogP contribution in [0.15, 0.2) is 28.7 Å². The van der Waals surface area contributed by atoms with E-state index < -0.39 is 0 Å². The van der Waals surface area contributed by atoms with Gasteiger partial charge in [0.25, 0.3) is 5.89 Å². The maximum atomic E-state index is 5.49. The summed E-state index contributed by atoms with van der Waals surface area (Å²) in [5.74, 6) is 6.58. The van der Waals surface area contributed by atoms with E-state index in [1.54, 1.807) is 0 Å². The number of para-hydroxylation sites is 2. The fourth-order valence-corrected chi connectivity index (χ4v) is 1.53. The minimum absolute atomic E-state index is 0.526. The molecule has 1 heterocycles. The van der Waals surface area contributed by atoms with Crippen molar-refractivity contribution < 1.29 is 4.42 Å². The zero-order valence-electron chi connectivity index (χ0n) is 9.49. The van der Waals surface area contributed by atoms with Crippen LogP contribution in [0.25, 0.3) is 11.1 Å². The number of hydrogen-bond acceptors (Lipinski definition) is 2. The maximum absolute atomic E-state index is 5.49. The molecule has 0 aliphatic heterocycles. The molecule has 0 spiro atoms. The molecule has 1 aromatic carbocycles. The van der Waals surface area contributed by atoms with Gasteiger partial charge in [-0.15, -0.1) is 0 Å². The second kappa shape index (κ2) is 5.37. The number of nitrogens with zero attached hydrogens (tertiary/aromatic N) is 1. The number of aromatic nitrogens is 1. The molecule has 0 fully saturated rings. The highest BCUT2D eigenvalue weighted by Gasteiger charge is 2.00. The van der Waals surface area contributed by atoms with E-state index in [4.69, 9.17) is 4.42 Å². The van der Waals surface area contributed by atoms with Crippen LogP contribution in [0.1, 0.15) is 38.5 Å². The Balaban J connectivity index is 2.04. The fraction of sp³-hybridized carbons (Fsp3) is 0.357. The summed E-state index contributed by atoms with van der Waals surface area (Å²) < 4.78 is 5.49. The van der Waals surface area contributed by atoms with E-state index in [0.717, 1.165) is 23.9 Å². The van der Waals surface area contributed by atoms with Crippen LogP contribution >= 0.6 is 0 Å². The molecule has 0 amide bonds. The summed E-state index contributed by atoms with van der Waals surface area (Å²) in [5, 5.41) is 0. The first-order chi connectivity index (χ1) is 7.90. The molecule has 16 heavy (non-hydrogen) atoms. The van der Waals surface area contributed by atoms with Crippen molar-refractivity contribution in [3.05, 3.63) is 30.2 Å². The highest BCUT2D eigenvalue weighted by Crippen LogP contribution is 2.13. The van der Waals surface area contributed by atoms with Crippen LogP contribution in [0.2, 0.25) is 0 Å². The predicted octanol–water partition coefficient (Wildman–Crippen LogP) is 3.76. The van der Waals surface area contributed by atoms with Gasteiger partial charge in [-0.25, -0.2) is 4.98 Å². The molecule has 0 aliphatic carbocycles. The van der Waals surface area contributed by atoms with Gasteiger partial charge in [0.15, 0.2) is 5.58 Å². The number of benzene rings is 1. The Hall–Kier alpha value is -1.75. The van der Waals surface area contributed by atoms with Crippen molar-refractivity contribution in [2.75, 3.05) is 0 Å². The van der Waals surface area contributed by atoms with Crippen molar-refractivity contribution >= 4 is 11.1 Å². The van der Waals surface area contributed by atoms with Crippen molar-refractivity contribution in [3.8, 4) is 11.8 Å². The minimum Gasteiger partial charge on any atom is -0.430 e. The normalized spacial score (nSPS) is 10.1. The van der Waals surface area contributed by atoms with Gasteiger partial charge < -0.3 is 4.42 Å². The number of fused-ring (bicyclic) bond motifs is 1. The number of hydrogen-bond donors (Lipinski definition) is 0. The fourth-order valence-electron chi connectivity index (χ4n) is 1.53. The SMILES string of the molecule is CCCCCC#Cc1nc2ccccc2o1. The average Bonchev–Trinajstić information content (AvgIpc) is 2.71. The Kier molecular flexibility index (Phi) is 3.61. The summed E-state index contributed by atoms with van der Waals surface area (Å²) in [7, 11) is 0. The molecule has 0 aliphatic rings. The lowest BCUT2D eigenvalue weighted by Gasteiger charge is -1.87.